The molecule has 0 spiro atoms. The fourth-order valence-electron chi connectivity index (χ4n) is 7.10. The number of methoxy groups -OCH3 is 1. The Hall–Kier alpha value is -5.23. The van der Waals surface area contributed by atoms with Crippen molar-refractivity contribution in [2.24, 2.45) is 23.0 Å². The SMILES string of the molecule is C=CC1CC1C(=O)NS(=O)(=O)C1(C)CC1.CC(C)(C)C(Nc1cccc(C(F)(F)F)c1)C(=O)N1CCCC1C(N)=O.COc1ccc2c(=O)cc(-c3nc(C(C)C)cs3)[nH]c2c1C. The smallest absolute Gasteiger partial charge is 0.416 e. The van der Waals surface area contributed by atoms with Crippen molar-refractivity contribution in [2.45, 2.75) is 109 Å². The number of nitrogens with zero attached hydrogens (tertiary/aromatic N) is 2. The molecular formula is C45H57F3N6O7S2. The van der Waals surface area contributed by atoms with Crippen LogP contribution >= 0.6 is 11.3 Å². The number of carbonyl (C=O) groups excluding carboxylic acids is 3. The summed E-state index contributed by atoms with van der Waals surface area (Å²) in [5, 5.41) is 6.47. The number of rotatable bonds is 11. The maximum absolute atomic E-state index is 13.0. The third-order valence-electron chi connectivity index (χ3n) is 11.6. The molecule has 3 fully saturated rings. The number of fused-ring (bicyclic) bond motifs is 1. The van der Waals surface area contributed by atoms with E-state index < -0.39 is 49.9 Å². The van der Waals surface area contributed by atoms with Gasteiger partial charge in [-0.15, -0.1) is 17.9 Å². The average molecular weight is 915 g/mol. The molecule has 63 heavy (non-hydrogen) atoms. The fourth-order valence-corrected chi connectivity index (χ4v) is 9.35. The van der Waals surface area contributed by atoms with Gasteiger partial charge in [0.15, 0.2) is 5.43 Å². The van der Waals surface area contributed by atoms with Gasteiger partial charge in [-0.25, -0.2) is 13.4 Å². The van der Waals surface area contributed by atoms with Crippen LogP contribution in [0.5, 0.6) is 5.75 Å². The molecule has 0 radical (unpaired) electrons. The predicted molar refractivity (Wildman–Crippen MR) is 240 cm³/mol. The number of thiazole rings is 1. The topological polar surface area (TPSA) is 194 Å². The number of amides is 3. The molecule has 7 rings (SSSR count). The van der Waals surface area contributed by atoms with Crippen LogP contribution < -0.4 is 25.9 Å². The number of halogens is 3. The first-order valence-electron chi connectivity index (χ1n) is 20.7. The molecule has 4 aromatic rings. The predicted octanol–water partition coefficient (Wildman–Crippen LogP) is 7.91. The summed E-state index contributed by atoms with van der Waals surface area (Å²) >= 11 is 1.55. The van der Waals surface area contributed by atoms with Crippen LogP contribution in [0.25, 0.3) is 21.6 Å². The number of hydrogen-bond donors (Lipinski definition) is 4. The zero-order valence-corrected chi connectivity index (χ0v) is 38.4. The molecule has 3 heterocycles. The van der Waals surface area contributed by atoms with E-state index in [2.05, 4.69) is 40.4 Å². The highest BCUT2D eigenvalue weighted by Gasteiger charge is 2.52. The zero-order chi connectivity index (χ0) is 46.8. The van der Waals surface area contributed by atoms with E-state index in [-0.39, 0.29) is 34.8 Å². The molecule has 1 aliphatic heterocycles. The Bertz CT molecular complexity index is 2530. The monoisotopic (exact) mass is 914 g/mol. The van der Waals surface area contributed by atoms with Crippen LogP contribution in [0, 0.1) is 24.2 Å². The van der Waals surface area contributed by atoms with E-state index in [1.54, 1.807) is 43.6 Å². The fraction of sp³-hybridized carbons (Fsp3) is 0.489. The molecule has 2 aliphatic carbocycles. The number of aromatic amines is 1. The van der Waals surface area contributed by atoms with Crippen LogP contribution in [0.4, 0.5) is 18.9 Å². The number of aryl methyl sites for hydroxylation is 1. The van der Waals surface area contributed by atoms with Gasteiger partial charge in [-0.05, 0) is 93.5 Å². The molecule has 0 bridgehead atoms. The Kier molecular flexibility index (Phi) is 14.6. The average Bonchev–Trinajstić information content (AvgIpc) is 4.03. The lowest BCUT2D eigenvalue weighted by Gasteiger charge is -2.35. The van der Waals surface area contributed by atoms with Crippen LogP contribution in [-0.4, -0.2) is 71.5 Å². The molecule has 2 saturated carbocycles. The number of benzene rings is 2. The highest BCUT2D eigenvalue weighted by atomic mass is 32.2. The number of aromatic nitrogens is 2. The minimum absolute atomic E-state index is 0.00389. The Morgan fingerprint density at radius 3 is 2.35 bits per heavy atom. The van der Waals surface area contributed by atoms with E-state index >= 15 is 0 Å². The van der Waals surface area contributed by atoms with Gasteiger partial charge in [0.05, 0.1) is 34.3 Å². The van der Waals surface area contributed by atoms with Crippen LogP contribution in [0.1, 0.15) is 96.4 Å². The first-order valence-corrected chi connectivity index (χ1v) is 23.1. The summed E-state index contributed by atoms with van der Waals surface area (Å²) in [6.07, 6.45) is 0.416. The van der Waals surface area contributed by atoms with E-state index in [9.17, 15) is 40.8 Å². The minimum Gasteiger partial charge on any atom is -0.496 e. The summed E-state index contributed by atoms with van der Waals surface area (Å²) in [6.45, 7) is 17.3. The zero-order valence-electron chi connectivity index (χ0n) is 36.8. The Balaban J connectivity index is 0.000000184. The number of pyridine rings is 1. The Labute approximate surface area is 370 Å². The van der Waals surface area contributed by atoms with Gasteiger partial charge in [0.2, 0.25) is 27.7 Å². The number of nitrogens with two attached hydrogens (primary N) is 1. The summed E-state index contributed by atoms with van der Waals surface area (Å²) in [5.41, 5.74) is 7.73. The molecule has 4 atom stereocenters. The number of allylic oxidation sites excluding steroid dienone is 1. The summed E-state index contributed by atoms with van der Waals surface area (Å²) in [7, 11) is -1.83. The van der Waals surface area contributed by atoms with Gasteiger partial charge in [-0.2, -0.15) is 13.2 Å². The minimum atomic E-state index is -4.47. The van der Waals surface area contributed by atoms with Crippen molar-refractivity contribution in [1.29, 1.82) is 0 Å². The van der Waals surface area contributed by atoms with Crippen LogP contribution in [-0.2, 0) is 30.6 Å². The summed E-state index contributed by atoms with van der Waals surface area (Å²) in [6, 6.07) is 8.50. The number of nitrogens with one attached hydrogen (secondary N) is 3. The van der Waals surface area contributed by atoms with Gasteiger partial charge in [0.1, 0.15) is 22.8 Å². The molecule has 3 amide bonds. The van der Waals surface area contributed by atoms with Gasteiger partial charge in [-0.3, -0.25) is 23.9 Å². The Morgan fingerprint density at radius 2 is 1.81 bits per heavy atom. The highest BCUT2D eigenvalue weighted by molar-refractivity contribution is 7.91. The number of sulfonamides is 1. The maximum atomic E-state index is 13.0. The van der Waals surface area contributed by atoms with E-state index in [1.807, 2.05) is 39.1 Å². The number of likely N-dealkylation sites (tertiary alicyclic amines) is 1. The van der Waals surface area contributed by atoms with Crippen molar-refractivity contribution in [2.75, 3.05) is 19.0 Å². The summed E-state index contributed by atoms with van der Waals surface area (Å²) in [4.78, 5) is 57.9. The quantitative estimate of drug-likeness (QED) is 0.108. The third kappa shape index (κ3) is 11.5. The van der Waals surface area contributed by atoms with Crippen molar-refractivity contribution >= 4 is 55.7 Å². The number of ether oxygens (including phenoxy) is 1. The molecule has 5 N–H and O–H groups in total. The van der Waals surface area contributed by atoms with Crippen molar-refractivity contribution in [1.82, 2.24) is 19.6 Å². The second kappa shape index (κ2) is 18.9. The van der Waals surface area contributed by atoms with Crippen molar-refractivity contribution in [3.8, 4) is 16.5 Å². The largest absolute Gasteiger partial charge is 0.496 e. The van der Waals surface area contributed by atoms with E-state index in [4.69, 9.17) is 10.5 Å². The molecule has 4 unspecified atom stereocenters. The number of anilines is 1. The number of alkyl halides is 3. The normalized spacial score (nSPS) is 19.5. The molecule has 18 heteroatoms. The molecule has 3 aliphatic rings. The third-order valence-corrected chi connectivity index (χ3v) is 14.6. The lowest BCUT2D eigenvalue weighted by Crippen LogP contribution is -2.53. The van der Waals surface area contributed by atoms with Gasteiger partial charge in [-0.1, -0.05) is 46.8 Å². The van der Waals surface area contributed by atoms with Gasteiger partial charge in [0, 0.05) is 40.5 Å². The number of H-pyrrole nitrogens is 1. The molecule has 1 saturated heterocycles. The van der Waals surface area contributed by atoms with Gasteiger partial charge >= 0.3 is 6.18 Å². The van der Waals surface area contributed by atoms with Gasteiger partial charge < -0.3 is 25.7 Å². The Morgan fingerprint density at radius 1 is 1.13 bits per heavy atom. The van der Waals surface area contributed by atoms with E-state index in [0.29, 0.717) is 43.5 Å². The molecule has 2 aromatic heterocycles. The van der Waals surface area contributed by atoms with Crippen LogP contribution in [0.2, 0.25) is 0 Å². The molecule has 13 nitrogen and oxygen atoms in total. The number of primary amides is 1. The van der Waals surface area contributed by atoms with Crippen molar-refractivity contribution in [3.05, 3.63) is 87.5 Å². The first kappa shape index (κ1) is 48.8. The second-order valence-electron chi connectivity index (χ2n) is 17.9. The van der Waals surface area contributed by atoms with E-state index in [0.717, 1.165) is 51.8 Å². The number of hydrogen-bond acceptors (Lipinski definition) is 10. The van der Waals surface area contributed by atoms with E-state index in [1.165, 1.54) is 17.0 Å². The molecule has 342 valence electrons. The maximum Gasteiger partial charge on any atom is 0.416 e. The molecular weight excluding hydrogens is 858 g/mol. The van der Waals surface area contributed by atoms with Crippen LogP contribution in [0.15, 0.2) is 65.3 Å². The second-order valence-corrected chi connectivity index (χ2v) is 20.9. The lowest BCUT2D eigenvalue weighted by atomic mass is 9.85. The van der Waals surface area contributed by atoms with Crippen LogP contribution in [0.3, 0.4) is 0 Å². The van der Waals surface area contributed by atoms with Crippen molar-refractivity contribution < 1.29 is 40.7 Å². The van der Waals surface area contributed by atoms with Gasteiger partial charge in [0.25, 0.3) is 0 Å². The lowest BCUT2D eigenvalue weighted by molar-refractivity contribution is -0.139. The van der Waals surface area contributed by atoms with Crippen molar-refractivity contribution in [3.63, 3.8) is 0 Å². The highest BCUT2D eigenvalue weighted by Crippen LogP contribution is 2.44. The standard InChI is InChI=1S/C18H24F3N3O2.C17H18N2O2S.C10H15NO3S/c1-17(2,3)14(16(26)24-9-5-8-13(24)15(22)25)23-12-7-4-6-11(10-12)18(19,20)21;1-9(2)13-8-22-17(19-13)12-7-14(20)11-5-6-15(21-4)10(3)16(11)18-12;1-3-7-6-8(7)9(12)11-15(13,14)10(2)4-5-10/h4,6-7,10,13-14,23H,5,8-9H2,1-3H3,(H2,22,25);5-9H,1-4H3,(H,18,20);3,7-8H,1,4-6H2,2H3,(H,11,12). The number of carbonyl (C=O) groups is 3. The summed E-state index contributed by atoms with van der Waals surface area (Å²) in [5.74, 6) is -0.153. The first-order chi connectivity index (χ1) is 29.3. The molecule has 2 aromatic carbocycles. The summed E-state index contributed by atoms with van der Waals surface area (Å²) < 4.78 is 69.0.